The molecule has 0 spiro atoms. The number of hydrogen-bond donors (Lipinski definition) is 2. The number of hydroxylamine groups is 4. The summed E-state index contributed by atoms with van der Waals surface area (Å²) in [6, 6.07) is 0. The molecule has 8 heteroatoms. The van der Waals surface area contributed by atoms with Crippen molar-refractivity contribution in [3.05, 3.63) is 12.7 Å². The van der Waals surface area contributed by atoms with Crippen LogP contribution in [-0.2, 0) is 19.0 Å². The third-order valence-electron chi connectivity index (χ3n) is 9.58. The summed E-state index contributed by atoms with van der Waals surface area (Å²) in [7, 11) is 5.36. The van der Waals surface area contributed by atoms with Crippen LogP contribution >= 0.6 is 0 Å². The van der Waals surface area contributed by atoms with E-state index >= 15 is 0 Å². The van der Waals surface area contributed by atoms with Crippen molar-refractivity contribution in [2.24, 2.45) is 0 Å². The second-order valence-corrected chi connectivity index (χ2v) is 18.4. The van der Waals surface area contributed by atoms with Crippen LogP contribution in [0.1, 0.15) is 157 Å². The zero-order valence-corrected chi connectivity index (χ0v) is 32.2. The largest absolute Gasteiger partial charge is 0.378 e. The molecular formula is C38H81N3O5. The number of rotatable bonds is 6. The fourth-order valence-corrected chi connectivity index (χ4v) is 9.56. The summed E-state index contributed by atoms with van der Waals surface area (Å²) in [4.78, 5) is 5.86. The van der Waals surface area contributed by atoms with Gasteiger partial charge in [-0.1, -0.05) is 20.9 Å². The Morgan fingerprint density at radius 1 is 0.565 bits per heavy atom. The molecule has 0 unspecified atom stereocenters. The Kier molecular flexibility index (Phi) is 16.5. The molecule has 0 aromatic heterocycles. The highest BCUT2D eigenvalue weighted by Crippen LogP contribution is 2.45. The zero-order chi connectivity index (χ0) is 34.8. The van der Waals surface area contributed by atoms with Gasteiger partial charge in [-0.15, -0.1) is 6.58 Å². The molecule has 3 rings (SSSR count). The van der Waals surface area contributed by atoms with E-state index in [1.165, 1.54) is 5.06 Å². The van der Waals surface area contributed by atoms with Gasteiger partial charge >= 0.3 is 0 Å². The van der Waals surface area contributed by atoms with Crippen molar-refractivity contribution in [2.45, 2.75) is 207 Å². The number of ether oxygens (including phenoxy) is 3. The van der Waals surface area contributed by atoms with Gasteiger partial charge in [-0.25, -0.2) is 0 Å². The van der Waals surface area contributed by atoms with Crippen LogP contribution in [0.3, 0.4) is 0 Å². The first kappa shape index (κ1) is 47.5. The Hall–Kier alpha value is -0.580. The Labute approximate surface area is 287 Å². The fraction of sp³-hybridized carbons (Fsp3) is 0.947. The van der Waals surface area contributed by atoms with Gasteiger partial charge in [-0.2, -0.15) is 10.1 Å². The molecule has 0 atom stereocenters. The predicted octanol–water partition coefficient (Wildman–Crippen LogP) is 9.20. The van der Waals surface area contributed by atoms with E-state index in [2.05, 4.69) is 93.1 Å². The first-order valence-corrected chi connectivity index (χ1v) is 16.5. The number of nitrogens with zero attached hydrogens (tertiary/aromatic N) is 2. The van der Waals surface area contributed by atoms with Gasteiger partial charge in [-0.05, 0) is 142 Å². The van der Waals surface area contributed by atoms with E-state index in [0.717, 1.165) is 38.5 Å². The summed E-state index contributed by atoms with van der Waals surface area (Å²) in [6.45, 7) is 36.7. The summed E-state index contributed by atoms with van der Waals surface area (Å²) < 4.78 is 16.9. The van der Waals surface area contributed by atoms with E-state index in [1.54, 1.807) is 20.3 Å². The molecule has 0 saturated carbocycles. The quantitative estimate of drug-likeness (QED) is 0.274. The van der Waals surface area contributed by atoms with E-state index in [-0.39, 0.29) is 64.9 Å². The van der Waals surface area contributed by atoms with Gasteiger partial charge in [0.1, 0.15) is 0 Å². The molecule has 2 N–H and O–H groups in total. The van der Waals surface area contributed by atoms with Gasteiger partial charge < -0.3 is 24.7 Å². The van der Waals surface area contributed by atoms with Gasteiger partial charge in [0.2, 0.25) is 0 Å². The number of methoxy groups -OCH3 is 3. The standard InChI is InChI=1S/C14H27NO2.C11H23NO2.C11H23NO.2CH4/c1-8-9-17-15-12(2,3)10-14(6,16-7)11-13(15,4)5;1-9(2)7-11(5,14-6)8-10(3,4)12(9)13;1-9(2)7-11(5,13-6)8-10(3,4)12-9;;/h8H,1,9-11H2,2-7H3;13H,7-8H2,1-6H3;12H,7-8H2,1-6H3;2*1H4. The molecule has 3 heterocycles. The molecule has 0 bridgehead atoms. The lowest BCUT2D eigenvalue weighted by Crippen LogP contribution is -2.64. The normalized spacial score (nSPS) is 27.5. The second kappa shape index (κ2) is 16.0. The highest BCUT2D eigenvalue weighted by Gasteiger charge is 2.52. The minimum absolute atomic E-state index is 0. The van der Waals surface area contributed by atoms with Crippen molar-refractivity contribution in [3.8, 4) is 0 Å². The molecule has 46 heavy (non-hydrogen) atoms. The molecule has 0 amide bonds. The van der Waals surface area contributed by atoms with Crippen LogP contribution in [0.4, 0.5) is 0 Å². The molecule has 8 nitrogen and oxygen atoms in total. The molecule has 0 radical (unpaired) electrons. The summed E-state index contributed by atoms with van der Waals surface area (Å²) in [5.74, 6) is 0. The predicted molar refractivity (Wildman–Crippen MR) is 197 cm³/mol. The first-order chi connectivity index (χ1) is 19.5. The number of piperidine rings is 3. The lowest BCUT2D eigenvalue weighted by molar-refractivity contribution is -0.300. The summed E-state index contributed by atoms with van der Waals surface area (Å²) in [6.07, 6.45) is 7.52. The highest BCUT2D eigenvalue weighted by atomic mass is 16.7. The third-order valence-corrected chi connectivity index (χ3v) is 9.58. The van der Waals surface area contributed by atoms with E-state index in [9.17, 15) is 5.21 Å². The summed E-state index contributed by atoms with van der Waals surface area (Å²) in [5, 5.41) is 17.3. The van der Waals surface area contributed by atoms with Crippen molar-refractivity contribution >= 4 is 0 Å². The van der Waals surface area contributed by atoms with E-state index in [1.807, 2.05) is 34.8 Å². The molecule has 0 aromatic carbocycles. The molecule has 3 fully saturated rings. The monoisotopic (exact) mass is 660 g/mol. The van der Waals surface area contributed by atoms with Gasteiger partial charge in [0.05, 0.1) is 23.4 Å². The van der Waals surface area contributed by atoms with Crippen molar-refractivity contribution in [1.82, 2.24) is 15.4 Å². The molecule has 278 valence electrons. The van der Waals surface area contributed by atoms with E-state index in [4.69, 9.17) is 19.0 Å². The maximum Gasteiger partial charge on any atom is 0.0864 e. The van der Waals surface area contributed by atoms with Crippen molar-refractivity contribution in [2.75, 3.05) is 27.9 Å². The molecule has 0 aliphatic carbocycles. The molecule has 3 aliphatic heterocycles. The third kappa shape index (κ3) is 12.7. The van der Waals surface area contributed by atoms with Crippen LogP contribution in [0.25, 0.3) is 0 Å². The lowest BCUT2D eigenvalue weighted by atomic mass is 9.73. The molecule has 3 aliphatic rings. The van der Waals surface area contributed by atoms with Crippen LogP contribution in [0.5, 0.6) is 0 Å². The number of nitrogens with one attached hydrogen (secondary N) is 1. The van der Waals surface area contributed by atoms with Crippen LogP contribution < -0.4 is 5.32 Å². The van der Waals surface area contributed by atoms with Gasteiger partial charge in [0, 0.05) is 54.6 Å². The Bertz CT molecular complexity index is 883. The minimum atomic E-state index is -0.230. The first-order valence-electron chi connectivity index (χ1n) is 16.5. The number of hydrogen-bond acceptors (Lipinski definition) is 8. The van der Waals surface area contributed by atoms with Crippen molar-refractivity contribution in [3.63, 3.8) is 0 Å². The maximum atomic E-state index is 10.1. The maximum absolute atomic E-state index is 10.1. The summed E-state index contributed by atoms with van der Waals surface area (Å²) >= 11 is 0. The van der Waals surface area contributed by atoms with Crippen LogP contribution in [0.2, 0.25) is 0 Å². The van der Waals surface area contributed by atoms with Crippen LogP contribution in [0.15, 0.2) is 12.7 Å². The van der Waals surface area contributed by atoms with Crippen molar-refractivity contribution in [1.29, 1.82) is 0 Å². The van der Waals surface area contributed by atoms with Gasteiger partial charge in [-0.3, -0.25) is 4.84 Å². The Morgan fingerprint density at radius 2 is 0.848 bits per heavy atom. The average Bonchev–Trinajstić information content (AvgIpc) is 2.79. The highest BCUT2D eigenvalue weighted by molar-refractivity contribution is 5.05. The summed E-state index contributed by atoms with van der Waals surface area (Å²) in [5.41, 5.74) is -0.394. The topological polar surface area (TPSA) is 75.7 Å². The Morgan fingerprint density at radius 3 is 1.13 bits per heavy atom. The van der Waals surface area contributed by atoms with Crippen LogP contribution in [-0.4, -0.2) is 93.3 Å². The molecular weight excluding hydrogens is 578 g/mol. The van der Waals surface area contributed by atoms with E-state index in [0.29, 0.717) is 6.61 Å². The molecule has 0 aromatic rings. The van der Waals surface area contributed by atoms with Crippen LogP contribution in [0, 0.1) is 0 Å². The van der Waals surface area contributed by atoms with Gasteiger partial charge in [0.15, 0.2) is 0 Å². The van der Waals surface area contributed by atoms with Crippen molar-refractivity contribution < 1.29 is 24.3 Å². The lowest BCUT2D eigenvalue weighted by Gasteiger charge is -2.56. The second-order valence-electron chi connectivity index (χ2n) is 18.4. The van der Waals surface area contributed by atoms with E-state index < -0.39 is 0 Å². The zero-order valence-electron chi connectivity index (χ0n) is 32.2. The average molecular weight is 660 g/mol. The minimum Gasteiger partial charge on any atom is -0.378 e. The SMILES string of the molecule is C.C.C=CCON1C(C)(C)CC(C)(OC)CC1(C)C.COC1(C)CC(C)(C)N(O)C(C)(C)C1.COC1(C)CC(C)(C)NC(C)(C)C1. The smallest absolute Gasteiger partial charge is 0.0864 e. The Balaban J connectivity index is 0. The molecule has 3 saturated heterocycles. The van der Waals surface area contributed by atoms with Gasteiger partial charge in [0.25, 0.3) is 0 Å². The fourth-order valence-electron chi connectivity index (χ4n) is 9.56.